The van der Waals surface area contributed by atoms with Crippen molar-refractivity contribution in [2.75, 3.05) is 0 Å². The van der Waals surface area contributed by atoms with Crippen molar-refractivity contribution in [3.05, 3.63) is 12.2 Å². The maximum absolute atomic E-state index is 11.0. The molecule has 11 heavy (non-hydrogen) atoms. The van der Waals surface area contributed by atoms with Crippen LogP contribution in [0.15, 0.2) is 12.2 Å². The molecule has 3 heteroatoms. The van der Waals surface area contributed by atoms with Crippen molar-refractivity contribution >= 4 is 11.8 Å². The quantitative estimate of drug-likeness (QED) is 0.612. The molecule has 0 radical (unpaired) electrons. The first kappa shape index (κ1) is 9.88. The van der Waals surface area contributed by atoms with Gasteiger partial charge in [-0.25, -0.2) is 4.79 Å². The summed E-state index contributed by atoms with van der Waals surface area (Å²) in [6, 6.07) is 0. The van der Waals surface area contributed by atoms with Crippen LogP contribution in [0.1, 0.15) is 20.8 Å². The van der Waals surface area contributed by atoms with Crippen molar-refractivity contribution < 1.29 is 14.7 Å². The van der Waals surface area contributed by atoms with Crippen molar-refractivity contribution in [1.82, 2.24) is 0 Å². The highest BCUT2D eigenvalue weighted by Crippen LogP contribution is 2.14. The van der Waals surface area contributed by atoms with Crippen molar-refractivity contribution in [2.24, 2.45) is 5.41 Å². The highest BCUT2D eigenvalue weighted by atomic mass is 16.4. The smallest absolute Gasteiger partial charge is 0.328 e. The fourth-order valence-electron chi connectivity index (χ4n) is 0.397. The Morgan fingerprint density at radius 3 is 1.91 bits per heavy atom. The predicted octanol–water partition coefficient (Wildman–Crippen LogP) is 1.24. The van der Waals surface area contributed by atoms with E-state index in [1.807, 2.05) is 0 Å². The lowest BCUT2D eigenvalue weighted by Crippen LogP contribution is -2.17. The fourth-order valence-corrected chi connectivity index (χ4v) is 0.397. The molecule has 0 aromatic heterocycles. The second-order valence-corrected chi connectivity index (χ2v) is 3.29. The molecule has 0 amide bonds. The van der Waals surface area contributed by atoms with Gasteiger partial charge in [0.1, 0.15) is 0 Å². The van der Waals surface area contributed by atoms with Crippen LogP contribution in [-0.2, 0) is 9.59 Å². The molecule has 62 valence electrons. The summed E-state index contributed by atoms with van der Waals surface area (Å²) in [7, 11) is 0. The van der Waals surface area contributed by atoms with Crippen LogP contribution in [0.4, 0.5) is 0 Å². The van der Waals surface area contributed by atoms with Crippen LogP contribution in [-0.4, -0.2) is 16.9 Å². The van der Waals surface area contributed by atoms with Gasteiger partial charge < -0.3 is 5.11 Å². The van der Waals surface area contributed by atoms with E-state index >= 15 is 0 Å². The molecule has 0 saturated heterocycles. The minimum absolute atomic E-state index is 0.181. The third kappa shape index (κ3) is 4.31. The average molecular weight is 156 g/mol. The second-order valence-electron chi connectivity index (χ2n) is 3.29. The van der Waals surface area contributed by atoms with E-state index in [-0.39, 0.29) is 5.78 Å². The van der Waals surface area contributed by atoms with Gasteiger partial charge >= 0.3 is 5.97 Å². The van der Waals surface area contributed by atoms with Gasteiger partial charge in [-0.05, 0) is 6.08 Å². The molecule has 0 aliphatic rings. The summed E-state index contributed by atoms with van der Waals surface area (Å²) in [5, 5.41) is 8.19. The van der Waals surface area contributed by atoms with Gasteiger partial charge in [0.25, 0.3) is 0 Å². The van der Waals surface area contributed by atoms with Crippen LogP contribution in [0, 0.1) is 5.41 Å². The van der Waals surface area contributed by atoms with E-state index in [0.29, 0.717) is 0 Å². The number of allylic oxidation sites excluding steroid dienone is 1. The zero-order valence-electron chi connectivity index (χ0n) is 6.92. The number of hydrogen-bond acceptors (Lipinski definition) is 2. The highest BCUT2D eigenvalue weighted by molar-refractivity contribution is 5.98. The Bertz CT molecular complexity index is 196. The van der Waals surface area contributed by atoms with Gasteiger partial charge in [-0.3, -0.25) is 4.79 Å². The highest BCUT2D eigenvalue weighted by Gasteiger charge is 2.17. The summed E-state index contributed by atoms with van der Waals surface area (Å²) < 4.78 is 0. The Morgan fingerprint density at radius 2 is 1.64 bits per heavy atom. The summed E-state index contributed by atoms with van der Waals surface area (Å²) in [6.07, 6.45) is 1.94. The van der Waals surface area contributed by atoms with Gasteiger partial charge in [-0.2, -0.15) is 0 Å². The molecule has 0 heterocycles. The molecule has 3 nitrogen and oxygen atoms in total. The second kappa shape index (κ2) is 3.32. The summed E-state index contributed by atoms with van der Waals surface area (Å²) in [5.74, 6) is -1.28. The lowest BCUT2D eigenvalue weighted by Gasteiger charge is -2.12. The first-order chi connectivity index (χ1) is 4.84. The van der Waals surface area contributed by atoms with Gasteiger partial charge in [0.15, 0.2) is 5.78 Å². The normalized spacial score (nSPS) is 11.9. The number of carbonyl (C=O) groups excluding carboxylic acids is 1. The van der Waals surface area contributed by atoms with Crippen molar-refractivity contribution in [2.45, 2.75) is 20.8 Å². The summed E-state index contributed by atoms with van der Waals surface area (Å²) in [5.41, 5.74) is -0.494. The Hall–Kier alpha value is -1.12. The Kier molecular flexibility index (Phi) is 2.99. The van der Waals surface area contributed by atoms with E-state index in [1.54, 1.807) is 20.8 Å². The summed E-state index contributed by atoms with van der Waals surface area (Å²) >= 11 is 0. The standard InChI is InChI=1S/C8H12O3/c1-8(2,3)6(9)4-5-7(10)11/h4-5H,1-3H3,(H,10,11). The maximum atomic E-state index is 11.0. The third-order valence-corrected chi connectivity index (χ3v) is 1.12. The molecule has 0 unspecified atom stereocenters. The minimum Gasteiger partial charge on any atom is -0.478 e. The van der Waals surface area contributed by atoms with E-state index in [0.717, 1.165) is 12.2 Å². The van der Waals surface area contributed by atoms with E-state index in [9.17, 15) is 9.59 Å². The molecule has 0 aliphatic carbocycles. The molecule has 0 rings (SSSR count). The van der Waals surface area contributed by atoms with Gasteiger partial charge in [0.05, 0.1) is 0 Å². The number of carboxylic acids is 1. The number of carboxylic acid groups (broad SMARTS) is 1. The zero-order chi connectivity index (χ0) is 9.07. The van der Waals surface area contributed by atoms with E-state index < -0.39 is 11.4 Å². The molecular formula is C8H12O3. The summed E-state index contributed by atoms with van der Waals surface area (Å²) in [6.45, 7) is 5.21. The first-order valence-corrected chi connectivity index (χ1v) is 3.29. The third-order valence-electron chi connectivity index (χ3n) is 1.12. The van der Waals surface area contributed by atoms with Crippen LogP contribution in [0.5, 0.6) is 0 Å². The van der Waals surface area contributed by atoms with Crippen molar-refractivity contribution in [1.29, 1.82) is 0 Å². The molecule has 0 aromatic carbocycles. The van der Waals surface area contributed by atoms with E-state index in [2.05, 4.69) is 0 Å². The van der Waals surface area contributed by atoms with Gasteiger partial charge in [-0.15, -0.1) is 0 Å². The van der Waals surface area contributed by atoms with Crippen LogP contribution < -0.4 is 0 Å². The predicted molar refractivity (Wildman–Crippen MR) is 41.2 cm³/mol. The van der Waals surface area contributed by atoms with Crippen LogP contribution in [0.3, 0.4) is 0 Å². The number of hydrogen-bond donors (Lipinski definition) is 1. The monoisotopic (exact) mass is 156 g/mol. The number of rotatable bonds is 2. The Morgan fingerprint density at radius 1 is 1.18 bits per heavy atom. The minimum atomic E-state index is -1.09. The van der Waals surface area contributed by atoms with Crippen molar-refractivity contribution in [3.63, 3.8) is 0 Å². The lowest BCUT2D eigenvalue weighted by molar-refractivity contribution is -0.132. The molecule has 0 fully saturated rings. The van der Waals surface area contributed by atoms with Crippen LogP contribution in [0.2, 0.25) is 0 Å². The number of ketones is 1. The Balaban J connectivity index is 4.20. The first-order valence-electron chi connectivity index (χ1n) is 3.29. The molecule has 0 saturated carbocycles. The largest absolute Gasteiger partial charge is 0.478 e. The topological polar surface area (TPSA) is 54.4 Å². The molecule has 0 atom stereocenters. The molecular weight excluding hydrogens is 144 g/mol. The van der Waals surface area contributed by atoms with Gasteiger partial charge in [0, 0.05) is 11.5 Å². The number of carbonyl (C=O) groups is 2. The fraction of sp³-hybridized carbons (Fsp3) is 0.500. The summed E-state index contributed by atoms with van der Waals surface area (Å²) in [4.78, 5) is 21.0. The van der Waals surface area contributed by atoms with E-state index in [4.69, 9.17) is 5.11 Å². The maximum Gasteiger partial charge on any atom is 0.328 e. The molecule has 1 N–H and O–H groups in total. The van der Waals surface area contributed by atoms with Gasteiger partial charge in [0.2, 0.25) is 0 Å². The van der Waals surface area contributed by atoms with Crippen LogP contribution in [0.25, 0.3) is 0 Å². The Labute approximate surface area is 65.7 Å². The van der Waals surface area contributed by atoms with Crippen LogP contribution >= 0.6 is 0 Å². The van der Waals surface area contributed by atoms with Gasteiger partial charge in [-0.1, -0.05) is 20.8 Å². The molecule has 0 aromatic rings. The molecule has 0 bridgehead atoms. The van der Waals surface area contributed by atoms with Crippen molar-refractivity contribution in [3.8, 4) is 0 Å². The SMILES string of the molecule is CC(C)(C)C(=O)C=CC(=O)O. The number of aliphatic carboxylic acids is 1. The van der Waals surface area contributed by atoms with E-state index in [1.165, 1.54) is 0 Å². The average Bonchev–Trinajstić information content (AvgIpc) is 1.80. The molecule has 0 spiro atoms. The zero-order valence-corrected chi connectivity index (χ0v) is 6.92. The molecule has 0 aliphatic heterocycles. The lowest BCUT2D eigenvalue weighted by atomic mass is 9.91.